The first-order valence-electron chi connectivity index (χ1n) is 15.2. The summed E-state index contributed by atoms with van der Waals surface area (Å²) in [5, 5.41) is 14.8. The van der Waals surface area contributed by atoms with Crippen molar-refractivity contribution < 1.29 is 32.8 Å². The maximum Gasteiger partial charge on any atom is 0.505 e. The number of aliphatic hydroxyl groups excluding tert-OH is 1. The molecule has 1 unspecified atom stereocenters. The topological polar surface area (TPSA) is 130 Å². The standard InChI is InChI=1S/C34H36FN5O6P/c1-5-44-30-27-29(40(21-36-27)31-28(41)22(2)33(35,46-31)20-45-47(4)42)37-32(38-30)39-34(23-12-8-6-9-13-23,24-14-10-7-11-15-24)25-16-18-26(43-3)19-17-25/h6-19,21-22,28,31,41H,5,20H2,1-4H3,(H,37,38,39)/q+1/t22-,28+,31+,33+/m0/s1. The van der Waals surface area contributed by atoms with Crippen molar-refractivity contribution in [1.29, 1.82) is 0 Å². The smallest absolute Gasteiger partial charge is 0.497 e. The van der Waals surface area contributed by atoms with Crippen LogP contribution in [0.4, 0.5) is 10.3 Å². The van der Waals surface area contributed by atoms with Gasteiger partial charge in [0.15, 0.2) is 30.7 Å². The van der Waals surface area contributed by atoms with Gasteiger partial charge in [-0.1, -0.05) is 79.7 Å². The molecule has 244 valence electrons. The van der Waals surface area contributed by atoms with Crippen LogP contribution >= 0.6 is 8.03 Å². The number of nitrogens with zero attached hydrogens (tertiary/aromatic N) is 4. The Morgan fingerprint density at radius 3 is 2.21 bits per heavy atom. The van der Waals surface area contributed by atoms with Gasteiger partial charge in [0.2, 0.25) is 17.7 Å². The van der Waals surface area contributed by atoms with Crippen LogP contribution in [0.15, 0.2) is 91.3 Å². The fourth-order valence-corrected chi connectivity index (χ4v) is 6.27. The third-order valence-corrected chi connectivity index (χ3v) is 8.92. The zero-order valence-corrected chi connectivity index (χ0v) is 27.3. The molecule has 47 heavy (non-hydrogen) atoms. The van der Waals surface area contributed by atoms with Crippen molar-refractivity contribution in [2.75, 3.05) is 32.3 Å². The second-order valence-electron chi connectivity index (χ2n) is 11.2. The number of hydrogen-bond donors (Lipinski definition) is 2. The van der Waals surface area contributed by atoms with E-state index in [4.69, 9.17) is 28.7 Å². The minimum Gasteiger partial charge on any atom is -0.497 e. The Morgan fingerprint density at radius 1 is 1.02 bits per heavy atom. The Balaban J connectivity index is 1.52. The molecule has 0 aliphatic carbocycles. The van der Waals surface area contributed by atoms with Gasteiger partial charge in [0.05, 0.1) is 20.0 Å². The summed E-state index contributed by atoms with van der Waals surface area (Å²) in [6.07, 6.45) is -1.11. The second kappa shape index (κ2) is 13.3. The fourth-order valence-electron chi connectivity index (χ4n) is 5.92. The number of anilines is 1. The highest BCUT2D eigenvalue weighted by molar-refractivity contribution is 7.38. The third-order valence-electron chi connectivity index (χ3n) is 8.42. The number of benzene rings is 3. The summed E-state index contributed by atoms with van der Waals surface area (Å²) in [5.74, 6) is -2.33. The van der Waals surface area contributed by atoms with Crippen LogP contribution in [-0.4, -0.2) is 63.6 Å². The summed E-state index contributed by atoms with van der Waals surface area (Å²) in [6, 6.07) is 27.6. The predicted octanol–water partition coefficient (Wildman–Crippen LogP) is 6.22. The number of nitrogens with one attached hydrogen (secondary N) is 1. The van der Waals surface area contributed by atoms with E-state index < -0.39 is 44.3 Å². The summed E-state index contributed by atoms with van der Waals surface area (Å²) in [4.78, 5) is 14.1. The van der Waals surface area contributed by atoms with E-state index in [1.807, 2.05) is 91.9 Å². The number of imidazole rings is 1. The van der Waals surface area contributed by atoms with E-state index in [9.17, 15) is 9.67 Å². The predicted molar refractivity (Wildman–Crippen MR) is 174 cm³/mol. The summed E-state index contributed by atoms with van der Waals surface area (Å²) in [7, 11) is -0.462. The molecule has 0 bridgehead atoms. The molecule has 1 aliphatic rings. The quantitative estimate of drug-likeness (QED) is 0.118. The van der Waals surface area contributed by atoms with E-state index in [-0.39, 0.29) is 17.5 Å². The number of methoxy groups -OCH3 is 1. The van der Waals surface area contributed by atoms with E-state index in [1.165, 1.54) is 24.5 Å². The first-order chi connectivity index (χ1) is 22.7. The highest BCUT2D eigenvalue weighted by Crippen LogP contribution is 2.45. The van der Waals surface area contributed by atoms with Gasteiger partial charge in [-0.05, 0) is 40.3 Å². The Morgan fingerprint density at radius 2 is 1.64 bits per heavy atom. The van der Waals surface area contributed by atoms with Crippen LogP contribution in [0, 0.1) is 5.92 Å². The Kier molecular flexibility index (Phi) is 9.20. The molecule has 6 rings (SSSR count). The zero-order chi connectivity index (χ0) is 33.2. The molecule has 0 saturated carbocycles. The second-order valence-corrected chi connectivity index (χ2v) is 12.4. The molecule has 1 fully saturated rings. The summed E-state index contributed by atoms with van der Waals surface area (Å²) in [5.41, 5.74) is 2.25. The lowest BCUT2D eigenvalue weighted by Crippen LogP contribution is -2.38. The molecule has 0 amide bonds. The SMILES string of the molecule is CCOc1nc(NC(c2ccccc2)(c2ccccc2)c2ccc(OC)cc2)nc2c1ncn2[C@@H]1O[C@](F)(CO[P+](C)=O)[C@@H](C)[C@H]1O. The van der Waals surface area contributed by atoms with Crippen molar-refractivity contribution in [3.63, 3.8) is 0 Å². The molecule has 5 aromatic rings. The third kappa shape index (κ3) is 6.05. The largest absolute Gasteiger partial charge is 0.505 e. The van der Waals surface area contributed by atoms with Gasteiger partial charge in [0.25, 0.3) is 0 Å². The van der Waals surface area contributed by atoms with Crippen LogP contribution in [-0.2, 0) is 19.4 Å². The molecular weight excluding hydrogens is 624 g/mol. The van der Waals surface area contributed by atoms with Crippen molar-refractivity contribution in [2.45, 2.75) is 37.6 Å². The van der Waals surface area contributed by atoms with Gasteiger partial charge in [-0.15, -0.1) is 4.52 Å². The van der Waals surface area contributed by atoms with Crippen molar-refractivity contribution in [2.24, 2.45) is 5.92 Å². The van der Waals surface area contributed by atoms with Crippen molar-refractivity contribution in [1.82, 2.24) is 19.5 Å². The van der Waals surface area contributed by atoms with Crippen LogP contribution in [0.3, 0.4) is 0 Å². The first-order valence-corrected chi connectivity index (χ1v) is 16.8. The van der Waals surface area contributed by atoms with E-state index in [2.05, 4.69) is 10.3 Å². The molecule has 3 aromatic carbocycles. The van der Waals surface area contributed by atoms with Crippen molar-refractivity contribution in [3.8, 4) is 11.6 Å². The molecule has 11 nitrogen and oxygen atoms in total. The lowest BCUT2D eigenvalue weighted by molar-refractivity contribution is -0.186. The van der Waals surface area contributed by atoms with Crippen LogP contribution in [0.25, 0.3) is 11.2 Å². The number of ether oxygens (including phenoxy) is 3. The average molecular weight is 661 g/mol. The Hall–Kier alpha value is -4.48. The lowest BCUT2D eigenvalue weighted by atomic mass is 9.77. The lowest BCUT2D eigenvalue weighted by Gasteiger charge is -2.37. The number of fused-ring (bicyclic) bond motifs is 1. The monoisotopic (exact) mass is 660 g/mol. The number of aromatic nitrogens is 4. The number of halogens is 1. The number of rotatable bonds is 12. The van der Waals surface area contributed by atoms with Gasteiger partial charge in [0, 0.05) is 5.92 Å². The van der Waals surface area contributed by atoms with Crippen molar-refractivity contribution >= 4 is 25.1 Å². The van der Waals surface area contributed by atoms with Gasteiger partial charge in [-0.3, -0.25) is 4.57 Å². The van der Waals surface area contributed by atoms with Crippen molar-refractivity contribution in [3.05, 3.63) is 108 Å². The maximum atomic E-state index is 15.9. The van der Waals surface area contributed by atoms with Gasteiger partial charge >= 0.3 is 8.03 Å². The van der Waals surface area contributed by atoms with Crippen LogP contribution in [0.1, 0.15) is 36.8 Å². The molecule has 0 radical (unpaired) electrons. The molecule has 0 spiro atoms. The molecular formula is C34H36FN5O6P+. The molecule has 13 heteroatoms. The van der Waals surface area contributed by atoms with E-state index >= 15 is 4.39 Å². The van der Waals surface area contributed by atoms with E-state index in [0.29, 0.717) is 17.9 Å². The normalized spacial score (nSPS) is 21.5. The van der Waals surface area contributed by atoms with Gasteiger partial charge in [-0.2, -0.15) is 9.97 Å². The molecule has 2 N–H and O–H groups in total. The van der Waals surface area contributed by atoms with E-state index in [0.717, 1.165) is 16.7 Å². The fraction of sp³-hybridized carbons (Fsp3) is 0.324. The number of aliphatic hydroxyl groups is 1. The number of alkyl halides is 1. The van der Waals surface area contributed by atoms with Crippen LogP contribution in [0.5, 0.6) is 11.6 Å². The van der Waals surface area contributed by atoms with Crippen LogP contribution in [0.2, 0.25) is 0 Å². The minimum atomic E-state index is -2.40. The summed E-state index contributed by atoms with van der Waals surface area (Å²) in [6.45, 7) is 4.35. The van der Waals surface area contributed by atoms with Gasteiger partial charge < -0.3 is 24.6 Å². The Labute approximate surface area is 272 Å². The van der Waals surface area contributed by atoms with Gasteiger partial charge in [-0.25, -0.2) is 9.37 Å². The molecule has 2 aromatic heterocycles. The highest BCUT2D eigenvalue weighted by atomic mass is 31.1. The molecule has 1 saturated heterocycles. The number of hydrogen-bond acceptors (Lipinski definition) is 10. The molecule has 3 heterocycles. The average Bonchev–Trinajstić information content (AvgIpc) is 3.62. The summed E-state index contributed by atoms with van der Waals surface area (Å²) >= 11 is 0. The zero-order valence-electron chi connectivity index (χ0n) is 26.4. The highest BCUT2D eigenvalue weighted by Gasteiger charge is 2.55. The maximum absolute atomic E-state index is 15.9. The van der Waals surface area contributed by atoms with Gasteiger partial charge in [0.1, 0.15) is 17.4 Å². The minimum absolute atomic E-state index is 0.185. The summed E-state index contributed by atoms with van der Waals surface area (Å²) < 4.78 is 51.2. The van der Waals surface area contributed by atoms with E-state index in [1.54, 1.807) is 7.11 Å². The molecule has 1 aliphatic heterocycles. The van der Waals surface area contributed by atoms with Crippen LogP contribution < -0.4 is 14.8 Å². The Bertz CT molecular complexity index is 1810. The first kappa shape index (κ1) is 32.5. The molecule has 5 atom stereocenters.